The average Bonchev–Trinajstić information content (AvgIpc) is 2.58. The first-order valence-corrected chi connectivity index (χ1v) is 9.45. The fraction of sp³-hybridized carbons (Fsp3) is 0.235. The third-order valence-corrected chi connectivity index (χ3v) is 4.84. The molecule has 0 saturated carbocycles. The molecule has 0 aromatic heterocycles. The number of sulfone groups is 1. The fourth-order valence-corrected chi connectivity index (χ4v) is 3.06. The highest BCUT2D eigenvalue weighted by Crippen LogP contribution is 2.21. The van der Waals surface area contributed by atoms with E-state index in [0.717, 1.165) is 6.26 Å². The summed E-state index contributed by atoms with van der Waals surface area (Å²) in [7, 11) is -3.43. The van der Waals surface area contributed by atoms with Gasteiger partial charge in [0.2, 0.25) is 0 Å². The SMILES string of the molecule is CCN(Cc1ccccc1[N+](=O)[O-])C(=O)c1cccc(S(C)(=O)=O)c1. The van der Waals surface area contributed by atoms with Crippen molar-refractivity contribution in [3.05, 3.63) is 69.8 Å². The van der Waals surface area contributed by atoms with Crippen LogP contribution in [0, 0.1) is 10.1 Å². The van der Waals surface area contributed by atoms with Gasteiger partial charge >= 0.3 is 0 Å². The second-order valence-electron chi connectivity index (χ2n) is 5.51. The Morgan fingerprint density at radius 1 is 1.16 bits per heavy atom. The van der Waals surface area contributed by atoms with Gasteiger partial charge in [0.15, 0.2) is 9.84 Å². The van der Waals surface area contributed by atoms with Crippen LogP contribution in [0.25, 0.3) is 0 Å². The van der Waals surface area contributed by atoms with E-state index in [4.69, 9.17) is 0 Å². The first kappa shape index (κ1) is 18.6. The van der Waals surface area contributed by atoms with Gasteiger partial charge in [0.05, 0.1) is 16.4 Å². The van der Waals surface area contributed by atoms with Crippen LogP contribution in [0.2, 0.25) is 0 Å². The zero-order chi connectivity index (χ0) is 18.6. The first-order chi connectivity index (χ1) is 11.7. The summed E-state index contributed by atoms with van der Waals surface area (Å²) in [6, 6.07) is 12.0. The van der Waals surface area contributed by atoms with E-state index < -0.39 is 14.8 Å². The number of nitrogens with zero attached hydrogens (tertiary/aromatic N) is 2. The van der Waals surface area contributed by atoms with Crippen molar-refractivity contribution < 1.29 is 18.1 Å². The zero-order valence-electron chi connectivity index (χ0n) is 13.9. The van der Waals surface area contributed by atoms with Crippen LogP contribution in [-0.2, 0) is 16.4 Å². The van der Waals surface area contributed by atoms with E-state index in [2.05, 4.69) is 0 Å². The number of nitro benzene ring substituents is 1. The molecule has 2 aromatic rings. The van der Waals surface area contributed by atoms with Crippen molar-refractivity contribution in [2.24, 2.45) is 0 Å². The third-order valence-electron chi connectivity index (χ3n) is 3.73. The zero-order valence-corrected chi connectivity index (χ0v) is 14.7. The van der Waals surface area contributed by atoms with Crippen LogP contribution in [0.15, 0.2) is 53.4 Å². The Labute approximate surface area is 146 Å². The van der Waals surface area contributed by atoms with Crippen molar-refractivity contribution in [2.45, 2.75) is 18.4 Å². The Hall–Kier alpha value is -2.74. The van der Waals surface area contributed by atoms with Gasteiger partial charge in [0.25, 0.3) is 11.6 Å². The molecule has 8 heteroatoms. The van der Waals surface area contributed by atoms with Gasteiger partial charge in [0.1, 0.15) is 0 Å². The lowest BCUT2D eigenvalue weighted by molar-refractivity contribution is -0.385. The normalized spacial score (nSPS) is 11.1. The predicted molar refractivity (Wildman–Crippen MR) is 93.1 cm³/mol. The van der Waals surface area contributed by atoms with E-state index in [-0.39, 0.29) is 28.6 Å². The van der Waals surface area contributed by atoms with Crippen LogP contribution in [-0.4, -0.2) is 36.9 Å². The van der Waals surface area contributed by atoms with Crippen LogP contribution in [0.5, 0.6) is 0 Å². The van der Waals surface area contributed by atoms with Gasteiger partial charge in [-0.15, -0.1) is 0 Å². The molecule has 0 radical (unpaired) electrons. The summed E-state index contributed by atoms with van der Waals surface area (Å²) < 4.78 is 23.3. The minimum Gasteiger partial charge on any atom is -0.334 e. The van der Waals surface area contributed by atoms with E-state index in [1.807, 2.05) is 0 Å². The molecule has 0 atom stereocenters. The van der Waals surface area contributed by atoms with Crippen molar-refractivity contribution in [1.82, 2.24) is 4.90 Å². The van der Waals surface area contributed by atoms with Crippen molar-refractivity contribution in [2.75, 3.05) is 12.8 Å². The monoisotopic (exact) mass is 362 g/mol. The maximum absolute atomic E-state index is 12.7. The van der Waals surface area contributed by atoms with Gasteiger partial charge in [-0.2, -0.15) is 0 Å². The van der Waals surface area contributed by atoms with Gasteiger partial charge in [-0.25, -0.2) is 8.42 Å². The largest absolute Gasteiger partial charge is 0.334 e. The Bertz CT molecular complexity index is 909. The Kier molecular flexibility index (Phi) is 5.53. The molecule has 0 bridgehead atoms. The van der Waals surface area contributed by atoms with Crippen LogP contribution in [0.3, 0.4) is 0 Å². The number of nitro groups is 1. The molecule has 2 aromatic carbocycles. The third kappa shape index (κ3) is 4.42. The molecule has 0 saturated heterocycles. The lowest BCUT2D eigenvalue weighted by atomic mass is 10.1. The number of hydrogen-bond acceptors (Lipinski definition) is 5. The number of amides is 1. The molecule has 0 aliphatic carbocycles. The standard InChI is InChI=1S/C17H18N2O5S/c1-3-18(12-14-7-4-5-10-16(14)19(21)22)17(20)13-8-6-9-15(11-13)25(2,23)24/h4-11H,3,12H2,1-2H3. The number of carbonyl (C=O) groups is 1. The summed E-state index contributed by atoms with van der Waals surface area (Å²) in [5, 5.41) is 11.1. The molecule has 132 valence electrons. The summed E-state index contributed by atoms with van der Waals surface area (Å²) >= 11 is 0. The molecule has 0 heterocycles. The molecular weight excluding hydrogens is 344 g/mol. The van der Waals surface area contributed by atoms with E-state index in [9.17, 15) is 23.3 Å². The van der Waals surface area contributed by atoms with Crippen LogP contribution in [0.4, 0.5) is 5.69 Å². The average molecular weight is 362 g/mol. The van der Waals surface area contributed by atoms with Crippen LogP contribution in [0.1, 0.15) is 22.8 Å². The van der Waals surface area contributed by atoms with Gasteiger partial charge in [-0.3, -0.25) is 14.9 Å². The number of hydrogen-bond donors (Lipinski definition) is 0. The minimum atomic E-state index is -3.43. The highest BCUT2D eigenvalue weighted by atomic mass is 32.2. The van der Waals surface area contributed by atoms with Crippen molar-refractivity contribution in [3.63, 3.8) is 0 Å². The summed E-state index contributed by atoms with van der Waals surface area (Å²) in [6.07, 6.45) is 1.07. The molecule has 25 heavy (non-hydrogen) atoms. The Balaban J connectivity index is 2.33. The molecule has 7 nitrogen and oxygen atoms in total. The second-order valence-corrected chi connectivity index (χ2v) is 7.52. The first-order valence-electron chi connectivity index (χ1n) is 7.55. The second kappa shape index (κ2) is 7.43. The molecule has 0 aliphatic rings. The van der Waals surface area contributed by atoms with Gasteiger partial charge in [-0.1, -0.05) is 24.3 Å². The van der Waals surface area contributed by atoms with Crippen molar-refractivity contribution >= 4 is 21.4 Å². The Morgan fingerprint density at radius 3 is 2.44 bits per heavy atom. The van der Waals surface area contributed by atoms with Gasteiger partial charge in [0, 0.05) is 30.0 Å². The quantitative estimate of drug-likeness (QED) is 0.581. The Morgan fingerprint density at radius 2 is 1.84 bits per heavy atom. The van der Waals surface area contributed by atoms with Crippen LogP contribution >= 0.6 is 0 Å². The molecule has 1 amide bonds. The number of benzene rings is 2. The molecular formula is C17H18N2O5S. The molecule has 0 aliphatic heterocycles. The molecule has 0 fully saturated rings. The molecule has 0 spiro atoms. The predicted octanol–water partition coefficient (Wildman–Crippen LogP) is 2.66. The lowest BCUT2D eigenvalue weighted by Gasteiger charge is -2.21. The van der Waals surface area contributed by atoms with Gasteiger partial charge in [-0.05, 0) is 25.1 Å². The van der Waals surface area contributed by atoms with Gasteiger partial charge < -0.3 is 4.90 Å². The van der Waals surface area contributed by atoms with E-state index in [1.54, 1.807) is 25.1 Å². The number of carbonyl (C=O) groups excluding carboxylic acids is 1. The van der Waals surface area contributed by atoms with E-state index in [1.165, 1.54) is 35.2 Å². The topological polar surface area (TPSA) is 97.6 Å². The highest BCUT2D eigenvalue weighted by molar-refractivity contribution is 7.90. The maximum atomic E-state index is 12.7. The van der Waals surface area contributed by atoms with E-state index in [0.29, 0.717) is 12.1 Å². The summed E-state index contributed by atoms with van der Waals surface area (Å²) in [6.45, 7) is 2.15. The summed E-state index contributed by atoms with van der Waals surface area (Å²) in [4.78, 5) is 24.8. The molecule has 2 rings (SSSR count). The summed E-state index contributed by atoms with van der Waals surface area (Å²) in [5.41, 5.74) is 0.587. The summed E-state index contributed by atoms with van der Waals surface area (Å²) in [5.74, 6) is -0.383. The van der Waals surface area contributed by atoms with E-state index >= 15 is 0 Å². The van der Waals surface area contributed by atoms with Crippen LogP contribution < -0.4 is 0 Å². The lowest BCUT2D eigenvalue weighted by Crippen LogP contribution is -2.30. The minimum absolute atomic E-state index is 0.0556. The molecule has 0 unspecified atom stereocenters. The number of para-hydroxylation sites is 1. The van der Waals surface area contributed by atoms with Crippen molar-refractivity contribution in [3.8, 4) is 0 Å². The van der Waals surface area contributed by atoms with Crippen molar-refractivity contribution in [1.29, 1.82) is 0 Å². The smallest absolute Gasteiger partial charge is 0.274 e. The number of rotatable bonds is 6. The highest BCUT2D eigenvalue weighted by Gasteiger charge is 2.20. The molecule has 0 N–H and O–H groups in total. The maximum Gasteiger partial charge on any atom is 0.274 e. The fourth-order valence-electron chi connectivity index (χ4n) is 2.40.